The number of likely N-dealkylation sites (tertiary alicyclic amines) is 1. The lowest BCUT2D eigenvalue weighted by Crippen LogP contribution is -2.47. The third kappa shape index (κ3) is 3.31. The molecule has 2 aliphatic heterocycles. The zero-order chi connectivity index (χ0) is 22.3. The molecule has 0 aromatic heterocycles. The molecule has 2 aromatic carbocycles. The zero-order valence-corrected chi connectivity index (χ0v) is 17.6. The van der Waals surface area contributed by atoms with Gasteiger partial charge in [0.2, 0.25) is 0 Å². The normalized spacial score (nSPS) is 19.1. The third-order valence-corrected chi connectivity index (χ3v) is 6.36. The fourth-order valence-corrected chi connectivity index (χ4v) is 4.74. The molecule has 0 atom stereocenters. The van der Waals surface area contributed by atoms with Crippen molar-refractivity contribution in [1.29, 1.82) is 0 Å². The van der Waals surface area contributed by atoms with Crippen LogP contribution in [0.5, 0.6) is 0 Å². The Morgan fingerprint density at radius 1 is 0.969 bits per heavy atom. The van der Waals surface area contributed by atoms with E-state index in [4.69, 9.17) is 9.47 Å². The van der Waals surface area contributed by atoms with Crippen LogP contribution in [0.2, 0.25) is 0 Å². The largest absolute Gasteiger partial charge is 0.395 e. The van der Waals surface area contributed by atoms with E-state index in [9.17, 15) is 19.5 Å². The van der Waals surface area contributed by atoms with E-state index in [0.29, 0.717) is 61.5 Å². The highest BCUT2D eigenvalue weighted by Crippen LogP contribution is 2.36. The van der Waals surface area contributed by atoms with Gasteiger partial charge in [-0.3, -0.25) is 14.4 Å². The average molecular weight is 436 g/mol. The van der Waals surface area contributed by atoms with Gasteiger partial charge < -0.3 is 24.8 Å². The molecule has 0 saturated carbocycles. The summed E-state index contributed by atoms with van der Waals surface area (Å²) in [5.74, 6) is -1.40. The molecule has 1 spiro atoms. The predicted octanol–water partition coefficient (Wildman–Crippen LogP) is 1.85. The van der Waals surface area contributed by atoms with Crippen LogP contribution in [0.3, 0.4) is 0 Å². The fraction of sp³-hybridized carbons (Fsp3) is 0.375. The molecule has 166 valence electrons. The van der Waals surface area contributed by atoms with E-state index < -0.39 is 5.79 Å². The van der Waals surface area contributed by atoms with Crippen molar-refractivity contribution in [3.63, 3.8) is 0 Å². The maximum absolute atomic E-state index is 13.5. The molecule has 1 amide bonds. The lowest BCUT2D eigenvalue weighted by Gasteiger charge is -2.38. The predicted molar refractivity (Wildman–Crippen MR) is 115 cm³/mol. The average Bonchev–Trinajstić information content (AvgIpc) is 3.28. The Hall–Kier alpha value is -3.07. The van der Waals surface area contributed by atoms with E-state index in [2.05, 4.69) is 5.32 Å². The summed E-state index contributed by atoms with van der Waals surface area (Å²) in [6.45, 7) is 2.01. The van der Waals surface area contributed by atoms with Crippen LogP contribution in [-0.2, 0) is 9.47 Å². The van der Waals surface area contributed by atoms with Gasteiger partial charge in [0, 0.05) is 49.2 Å². The number of carbonyl (C=O) groups excluding carboxylic acids is 3. The number of rotatable bonds is 4. The van der Waals surface area contributed by atoms with Crippen molar-refractivity contribution >= 4 is 23.2 Å². The van der Waals surface area contributed by atoms with Crippen molar-refractivity contribution < 1.29 is 29.0 Å². The fourth-order valence-electron chi connectivity index (χ4n) is 4.74. The van der Waals surface area contributed by atoms with Gasteiger partial charge in [-0.25, -0.2) is 0 Å². The SMILES string of the molecule is O=C1c2ccccc2C(=O)c2c1ccc(C(=O)N1CCC3(CC1)OCCO3)c2NCCO. The highest BCUT2D eigenvalue weighted by molar-refractivity contribution is 6.31. The maximum atomic E-state index is 13.5. The summed E-state index contributed by atoms with van der Waals surface area (Å²) in [7, 11) is 0. The van der Waals surface area contributed by atoms with E-state index >= 15 is 0 Å². The summed E-state index contributed by atoms with van der Waals surface area (Å²) in [6.07, 6.45) is 1.15. The first-order valence-corrected chi connectivity index (χ1v) is 10.8. The van der Waals surface area contributed by atoms with Crippen molar-refractivity contribution in [1.82, 2.24) is 4.90 Å². The first-order chi connectivity index (χ1) is 15.5. The smallest absolute Gasteiger partial charge is 0.255 e. The van der Waals surface area contributed by atoms with E-state index in [1.807, 2.05) is 0 Å². The van der Waals surface area contributed by atoms with Gasteiger partial charge in [0.05, 0.1) is 36.6 Å². The van der Waals surface area contributed by atoms with Gasteiger partial charge in [-0.1, -0.05) is 24.3 Å². The topological polar surface area (TPSA) is 105 Å². The summed E-state index contributed by atoms with van der Waals surface area (Å²) in [4.78, 5) is 41.6. The van der Waals surface area contributed by atoms with Crippen LogP contribution in [0.25, 0.3) is 0 Å². The van der Waals surface area contributed by atoms with Crippen LogP contribution < -0.4 is 5.32 Å². The van der Waals surface area contributed by atoms with E-state index in [1.165, 1.54) is 0 Å². The van der Waals surface area contributed by atoms with Crippen LogP contribution in [-0.4, -0.2) is 72.7 Å². The van der Waals surface area contributed by atoms with E-state index in [0.717, 1.165) is 0 Å². The number of hydrogen-bond acceptors (Lipinski definition) is 7. The standard InChI is InChI=1S/C24H24N2O6/c27-12-9-25-20-18(23(30)26-10-7-24(8-11-26)31-13-14-32-24)6-5-17-19(20)22(29)16-4-2-1-3-15(16)21(17)28/h1-6,25,27H,7-14H2. The van der Waals surface area contributed by atoms with Gasteiger partial charge in [-0.2, -0.15) is 0 Å². The van der Waals surface area contributed by atoms with Crippen LogP contribution >= 0.6 is 0 Å². The highest BCUT2D eigenvalue weighted by Gasteiger charge is 2.41. The number of ketones is 2. The monoisotopic (exact) mass is 436 g/mol. The first kappa shape index (κ1) is 20.8. The Bertz CT molecular complexity index is 1100. The van der Waals surface area contributed by atoms with Gasteiger partial charge in [-0.05, 0) is 12.1 Å². The minimum Gasteiger partial charge on any atom is -0.395 e. The van der Waals surface area contributed by atoms with Crippen molar-refractivity contribution in [3.8, 4) is 0 Å². The molecule has 2 heterocycles. The summed E-state index contributed by atoms with van der Waals surface area (Å²) < 4.78 is 11.5. The van der Waals surface area contributed by atoms with Crippen molar-refractivity contribution in [2.45, 2.75) is 18.6 Å². The number of amides is 1. The molecule has 3 aliphatic rings. The van der Waals surface area contributed by atoms with Crippen molar-refractivity contribution in [2.24, 2.45) is 0 Å². The second kappa shape index (κ2) is 8.12. The number of fused-ring (bicyclic) bond motifs is 2. The van der Waals surface area contributed by atoms with Crippen LogP contribution in [0, 0.1) is 0 Å². The molecule has 0 unspecified atom stereocenters. The van der Waals surface area contributed by atoms with Crippen LogP contribution in [0.4, 0.5) is 5.69 Å². The molecule has 2 saturated heterocycles. The molecule has 0 radical (unpaired) electrons. The van der Waals surface area contributed by atoms with Gasteiger partial charge in [-0.15, -0.1) is 0 Å². The number of benzene rings is 2. The van der Waals surface area contributed by atoms with Gasteiger partial charge >= 0.3 is 0 Å². The van der Waals surface area contributed by atoms with Crippen LogP contribution in [0.1, 0.15) is 55.0 Å². The number of anilines is 1. The zero-order valence-electron chi connectivity index (χ0n) is 17.6. The quantitative estimate of drug-likeness (QED) is 0.643. The van der Waals surface area contributed by atoms with E-state index in [-0.39, 0.29) is 41.8 Å². The van der Waals surface area contributed by atoms with Crippen molar-refractivity contribution in [2.75, 3.05) is 44.8 Å². The molecule has 5 rings (SSSR count). The molecular formula is C24H24N2O6. The molecule has 0 bridgehead atoms. The molecule has 1 aliphatic carbocycles. The minimum absolute atomic E-state index is 0.143. The summed E-state index contributed by atoms with van der Waals surface area (Å²) in [5, 5.41) is 12.4. The Kier molecular flexibility index (Phi) is 5.28. The number of carbonyl (C=O) groups is 3. The number of nitrogens with one attached hydrogen (secondary N) is 1. The van der Waals surface area contributed by atoms with E-state index in [1.54, 1.807) is 41.3 Å². The molecule has 8 heteroatoms. The molecule has 8 nitrogen and oxygen atoms in total. The molecular weight excluding hydrogens is 412 g/mol. The Morgan fingerprint density at radius 2 is 1.62 bits per heavy atom. The number of aliphatic hydroxyl groups excluding tert-OH is 1. The summed E-state index contributed by atoms with van der Waals surface area (Å²) in [6, 6.07) is 9.83. The Labute approximate surface area is 185 Å². The first-order valence-electron chi connectivity index (χ1n) is 10.8. The minimum atomic E-state index is -0.601. The number of piperidine rings is 1. The van der Waals surface area contributed by atoms with Crippen LogP contribution in [0.15, 0.2) is 36.4 Å². The molecule has 2 fully saturated rings. The second-order valence-electron chi connectivity index (χ2n) is 8.16. The lowest BCUT2D eigenvalue weighted by atomic mass is 9.82. The molecule has 32 heavy (non-hydrogen) atoms. The van der Waals surface area contributed by atoms with Gasteiger partial charge in [0.15, 0.2) is 17.4 Å². The summed E-state index contributed by atoms with van der Waals surface area (Å²) in [5.41, 5.74) is 1.72. The van der Waals surface area contributed by atoms with Gasteiger partial charge in [0.1, 0.15) is 0 Å². The Balaban J connectivity index is 1.51. The Morgan fingerprint density at radius 3 is 2.28 bits per heavy atom. The molecule has 2 N–H and O–H groups in total. The summed E-state index contributed by atoms with van der Waals surface area (Å²) >= 11 is 0. The number of ether oxygens (including phenoxy) is 2. The lowest BCUT2D eigenvalue weighted by molar-refractivity contribution is -0.181. The number of hydrogen-bond donors (Lipinski definition) is 2. The highest BCUT2D eigenvalue weighted by atomic mass is 16.7. The number of aliphatic hydroxyl groups is 1. The second-order valence-corrected chi connectivity index (χ2v) is 8.16. The maximum Gasteiger partial charge on any atom is 0.255 e. The van der Waals surface area contributed by atoms with Gasteiger partial charge in [0.25, 0.3) is 5.91 Å². The number of nitrogens with zero attached hydrogens (tertiary/aromatic N) is 1. The third-order valence-electron chi connectivity index (χ3n) is 6.36. The van der Waals surface area contributed by atoms with Crippen molar-refractivity contribution in [3.05, 3.63) is 64.2 Å². The molecule has 2 aromatic rings.